The summed E-state index contributed by atoms with van der Waals surface area (Å²) in [6, 6.07) is 9.66. The van der Waals surface area contributed by atoms with Crippen molar-refractivity contribution in [2.24, 2.45) is 5.41 Å². The lowest BCUT2D eigenvalue weighted by Crippen LogP contribution is -2.34. The molecule has 0 spiro atoms. The fourth-order valence-electron chi connectivity index (χ4n) is 1.30. The zero-order valence-corrected chi connectivity index (χ0v) is 11.5. The maximum Gasteiger partial charge on any atom is 0.211 e. The Kier molecular flexibility index (Phi) is 4.71. The maximum absolute atomic E-state index is 11.7. The van der Waals surface area contributed by atoms with Gasteiger partial charge >= 0.3 is 0 Å². The van der Waals surface area contributed by atoms with Gasteiger partial charge in [0.25, 0.3) is 0 Å². The fraction of sp³-hybridized carbons (Fsp3) is 0.538. The third-order valence-corrected chi connectivity index (χ3v) is 3.65. The number of hydrogen-bond acceptors (Lipinski definition) is 2. The summed E-state index contributed by atoms with van der Waals surface area (Å²) in [6.45, 7) is 6.50. The molecular weight excluding hydrogens is 234 g/mol. The number of sulfonamides is 1. The van der Waals surface area contributed by atoms with E-state index in [-0.39, 0.29) is 11.2 Å². The highest BCUT2D eigenvalue weighted by Gasteiger charge is 2.16. The Balaban J connectivity index is 2.46. The summed E-state index contributed by atoms with van der Waals surface area (Å²) in [5.74, 6) is 0.146. The summed E-state index contributed by atoms with van der Waals surface area (Å²) < 4.78 is 26.1. The molecule has 4 heteroatoms. The molecule has 3 nitrogen and oxygen atoms in total. The fourth-order valence-corrected chi connectivity index (χ4v) is 2.60. The van der Waals surface area contributed by atoms with Gasteiger partial charge in [-0.1, -0.05) is 51.1 Å². The Bertz CT molecular complexity index is 432. The lowest BCUT2D eigenvalue weighted by Gasteiger charge is -2.18. The predicted molar refractivity (Wildman–Crippen MR) is 71.4 cm³/mol. The van der Waals surface area contributed by atoms with Crippen LogP contribution in [0.25, 0.3) is 0 Å². The molecule has 0 saturated carbocycles. The molecule has 17 heavy (non-hydrogen) atoms. The Morgan fingerprint density at radius 2 is 1.71 bits per heavy atom. The van der Waals surface area contributed by atoms with Gasteiger partial charge in [-0.2, -0.15) is 0 Å². The first kappa shape index (κ1) is 14.2. The molecule has 0 fully saturated rings. The van der Waals surface area contributed by atoms with E-state index >= 15 is 0 Å². The predicted octanol–water partition coefficient (Wildman–Crippen LogP) is 2.19. The van der Waals surface area contributed by atoms with E-state index in [2.05, 4.69) is 4.72 Å². The van der Waals surface area contributed by atoms with Gasteiger partial charge in [0.2, 0.25) is 10.0 Å². The number of hydrogen-bond donors (Lipinski definition) is 1. The van der Waals surface area contributed by atoms with Crippen LogP contribution in [-0.2, 0) is 16.4 Å². The minimum atomic E-state index is -3.16. The van der Waals surface area contributed by atoms with Crippen LogP contribution >= 0.6 is 0 Å². The van der Waals surface area contributed by atoms with Crippen molar-refractivity contribution in [3.05, 3.63) is 35.9 Å². The van der Waals surface area contributed by atoms with Crippen LogP contribution in [0, 0.1) is 5.41 Å². The van der Waals surface area contributed by atoms with Crippen molar-refractivity contribution >= 4 is 10.0 Å². The molecule has 0 unspecified atom stereocenters. The zero-order valence-electron chi connectivity index (χ0n) is 10.7. The molecule has 0 aliphatic rings. The normalized spacial score (nSPS) is 12.6. The average Bonchev–Trinajstić information content (AvgIpc) is 2.25. The van der Waals surface area contributed by atoms with Crippen molar-refractivity contribution in [3.8, 4) is 0 Å². The van der Waals surface area contributed by atoms with Gasteiger partial charge in [-0.3, -0.25) is 0 Å². The second-order valence-corrected chi connectivity index (χ2v) is 7.36. The van der Waals surface area contributed by atoms with E-state index in [1.807, 2.05) is 51.1 Å². The largest absolute Gasteiger partial charge is 0.215 e. The number of nitrogens with one attached hydrogen (secondary N) is 1. The van der Waals surface area contributed by atoms with Gasteiger partial charge in [-0.05, 0) is 17.4 Å². The first-order chi connectivity index (χ1) is 7.79. The molecule has 1 N–H and O–H groups in total. The van der Waals surface area contributed by atoms with Crippen LogP contribution in [-0.4, -0.2) is 20.7 Å². The molecule has 0 aliphatic heterocycles. The van der Waals surface area contributed by atoms with E-state index in [1.54, 1.807) is 0 Å². The first-order valence-corrected chi connectivity index (χ1v) is 7.45. The van der Waals surface area contributed by atoms with Gasteiger partial charge in [0, 0.05) is 6.54 Å². The van der Waals surface area contributed by atoms with Crippen molar-refractivity contribution in [2.45, 2.75) is 27.2 Å². The quantitative estimate of drug-likeness (QED) is 0.876. The summed E-state index contributed by atoms with van der Waals surface area (Å²) in [4.78, 5) is 0. The van der Waals surface area contributed by atoms with E-state index in [9.17, 15) is 8.42 Å². The SMILES string of the molecule is CC(C)(C)CNS(=O)(=O)CCc1ccccc1. The van der Waals surface area contributed by atoms with Gasteiger partial charge in [-0.15, -0.1) is 0 Å². The van der Waals surface area contributed by atoms with E-state index in [0.717, 1.165) is 5.56 Å². The van der Waals surface area contributed by atoms with E-state index in [1.165, 1.54) is 0 Å². The topological polar surface area (TPSA) is 46.2 Å². The average molecular weight is 255 g/mol. The summed E-state index contributed by atoms with van der Waals surface area (Å²) in [5, 5.41) is 0. The van der Waals surface area contributed by atoms with E-state index in [4.69, 9.17) is 0 Å². The van der Waals surface area contributed by atoms with Gasteiger partial charge < -0.3 is 0 Å². The lowest BCUT2D eigenvalue weighted by atomic mass is 9.98. The highest BCUT2D eigenvalue weighted by Crippen LogP contribution is 2.11. The van der Waals surface area contributed by atoms with Gasteiger partial charge in [0.1, 0.15) is 0 Å². The molecule has 0 radical (unpaired) electrons. The second kappa shape index (κ2) is 5.65. The molecule has 1 rings (SSSR count). The van der Waals surface area contributed by atoms with Gasteiger partial charge in [0.05, 0.1) is 5.75 Å². The zero-order chi connectivity index (χ0) is 12.9. The van der Waals surface area contributed by atoms with Crippen LogP contribution in [0.4, 0.5) is 0 Å². The molecule has 0 amide bonds. The molecule has 1 aromatic rings. The highest BCUT2D eigenvalue weighted by molar-refractivity contribution is 7.89. The third kappa shape index (κ3) is 6.44. The standard InChI is InChI=1S/C13H21NO2S/c1-13(2,3)11-14-17(15,16)10-9-12-7-5-4-6-8-12/h4-8,14H,9-11H2,1-3H3. The molecule has 0 aromatic heterocycles. The van der Waals surface area contributed by atoms with Crippen LogP contribution in [0.1, 0.15) is 26.3 Å². The Morgan fingerprint density at radius 1 is 1.12 bits per heavy atom. The molecular formula is C13H21NO2S. The third-order valence-electron chi connectivity index (χ3n) is 2.32. The molecule has 0 aliphatic carbocycles. The molecule has 96 valence electrons. The van der Waals surface area contributed by atoms with Crippen molar-refractivity contribution in [3.63, 3.8) is 0 Å². The summed E-state index contributed by atoms with van der Waals surface area (Å²) >= 11 is 0. The summed E-state index contributed by atoms with van der Waals surface area (Å²) in [6.07, 6.45) is 0.556. The molecule has 0 saturated heterocycles. The summed E-state index contributed by atoms with van der Waals surface area (Å²) in [5.41, 5.74) is 1.02. The molecule has 0 bridgehead atoms. The van der Waals surface area contributed by atoms with Crippen LogP contribution in [0.3, 0.4) is 0 Å². The number of rotatable bonds is 5. The maximum atomic E-state index is 11.7. The van der Waals surface area contributed by atoms with Crippen LogP contribution < -0.4 is 4.72 Å². The van der Waals surface area contributed by atoms with Crippen LogP contribution in [0.15, 0.2) is 30.3 Å². The lowest BCUT2D eigenvalue weighted by molar-refractivity contribution is 0.407. The second-order valence-electron chi connectivity index (χ2n) is 5.44. The first-order valence-electron chi connectivity index (χ1n) is 5.80. The van der Waals surface area contributed by atoms with Gasteiger partial charge in [0.15, 0.2) is 0 Å². The molecule has 0 heterocycles. The van der Waals surface area contributed by atoms with Crippen molar-refractivity contribution in [1.29, 1.82) is 0 Å². The Morgan fingerprint density at radius 3 is 2.24 bits per heavy atom. The van der Waals surface area contributed by atoms with Crippen molar-refractivity contribution < 1.29 is 8.42 Å². The molecule has 1 aromatic carbocycles. The van der Waals surface area contributed by atoms with Crippen molar-refractivity contribution in [2.75, 3.05) is 12.3 Å². The highest BCUT2D eigenvalue weighted by atomic mass is 32.2. The Labute approximate surface area is 104 Å². The van der Waals surface area contributed by atoms with E-state index < -0.39 is 10.0 Å². The minimum absolute atomic E-state index is 0.0280. The smallest absolute Gasteiger partial charge is 0.211 e. The van der Waals surface area contributed by atoms with Crippen molar-refractivity contribution in [1.82, 2.24) is 4.72 Å². The summed E-state index contributed by atoms with van der Waals surface area (Å²) in [7, 11) is -3.16. The number of benzene rings is 1. The number of aryl methyl sites for hydroxylation is 1. The van der Waals surface area contributed by atoms with Crippen LogP contribution in [0.5, 0.6) is 0 Å². The van der Waals surface area contributed by atoms with Crippen LogP contribution in [0.2, 0.25) is 0 Å². The minimum Gasteiger partial charge on any atom is -0.215 e. The molecule has 0 atom stereocenters. The van der Waals surface area contributed by atoms with Gasteiger partial charge in [-0.25, -0.2) is 13.1 Å². The Hall–Kier alpha value is -0.870. The van der Waals surface area contributed by atoms with E-state index in [0.29, 0.717) is 13.0 Å². The monoisotopic (exact) mass is 255 g/mol.